The van der Waals surface area contributed by atoms with Gasteiger partial charge in [-0.05, 0) is 36.2 Å². The highest BCUT2D eigenvalue weighted by molar-refractivity contribution is 7.88. The van der Waals surface area contributed by atoms with Crippen LogP contribution in [0.1, 0.15) is 15.9 Å². The Morgan fingerprint density at radius 3 is 2.52 bits per heavy atom. The van der Waals surface area contributed by atoms with Crippen molar-refractivity contribution in [1.29, 1.82) is 0 Å². The van der Waals surface area contributed by atoms with Crippen molar-refractivity contribution < 1.29 is 18.3 Å². The monoisotopic (exact) mass is 335 g/mol. The van der Waals surface area contributed by atoms with Gasteiger partial charge in [0, 0.05) is 18.3 Å². The number of rotatable bonds is 6. The summed E-state index contributed by atoms with van der Waals surface area (Å²) in [6.45, 7) is 0.298. The molecule has 0 atom stereocenters. The van der Waals surface area contributed by atoms with Gasteiger partial charge in [-0.15, -0.1) is 0 Å². The lowest BCUT2D eigenvalue weighted by molar-refractivity contribution is 0.102. The maximum absolute atomic E-state index is 12.1. The molecule has 0 aliphatic heterocycles. The minimum Gasteiger partial charge on any atom is -0.504 e. The molecule has 0 radical (unpaired) electrons. The predicted octanol–water partition coefficient (Wildman–Crippen LogP) is 1.13. The van der Waals surface area contributed by atoms with Crippen molar-refractivity contribution >= 4 is 21.7 Å². The van der Waals surface area contributed by atoms with Gasteiger partial charge in [0.2, 0.25) is 10.0 Å². The Bertz CT molecular complexity index is 789. The van der Waals surface area contributed by atoms with Crippen LogP contribution in [0.25, 0.3) is 0 Å². The van der Waals surface area contributed by atoms with Gasteiger partial charge in [0.25, 0.3) is 5.91 Å². The molecule has 23 heavy (non-hydrogen) atoms. The summed E-state index contributed by atoms with van der Waals surface area (Å²) in [4.78, 5) is 15.9. The molecule has 0 saturated carbocycles. The summed E-state index contributed by atoms with van der Waals surface area (Å²) in [5.74, 6) is -0.400. The van der Waals surface area contributed by atoms with E-state index in [1.807, 2.05) is 0 Å². The Balaban J connectivity index is 1.96. The number of carbonyl (C=O) groups is 1. The van der Waals surface area contributed by atoms with Crippen molar-refractivity contribution in [3.63, 3.8) is 0 Å². The van der Waals surface area contributed by atoms with Gasteiger partial charge in [-0.25, -0.2) is 18.1 Å². The summed E-state index contributed by atoms with van der Waals surface area (Å²) in [6.07, 6.45) is 3.09. The fraction of sp³-hybridized carbons (Fsp3) is 0.200. The van der Waals surface area contributed by atoms with Crippen molar-refractivity contribution in [3.05, 3.63) is 53.7 Å². The van der Waals surface area contributed by atoms with E-state index in [1.165, 1.54) is 12.3 Å². The highest BCUT2D eigenvalue weighted by Crippen LogP contribution is 2.19. The number of hydrogen-bond acceptors (Lipinski definition) is 5. The molecule has 0 aliphatic carbocycles. The third-order valence-electron chi connectivity index (χ3n) is 3.01. The molecule has 1 aromatic heterocycles. The maximum atomic E-state index is 12.1. The Morgan fingerprint density at radius 1 is 1.22 bits per heavy atom. The topological polar surface area (TPSA) is 108 Å². The van der Waals surface area contributed by atoms with E-state index in [-0.39, 0.29) is 17.5 Å². The van der Waals surface area contributed by atoms with Gasteiger partial charge in [-0.1, -0.05) is 12.1 Å². The van der Waals surface area contributed by atoms with Crippen LogP contribution in [-0.2, 0) is 16.4 Å². The summed E-state index contributed by atoms with van der Waals surface area (Å²) in [5, 5.41) is 12.1. The Kier molecular flexibility index (Phi) is 5.30. The molecule has 0 bridgehead atoms. The minimum absolute atomic E-state index is 0.0962. The molecule has 7 nitrogen and oxygen atoms in total. The zero-order valence-electron chi connectivity index (χ0n) is 12.5. The van der Waals surface area contributed by atoms with Crippen molar-refractivity contribution in [2.24, 2.45) is 0 Å². The molecule has 1 aromatic carbocycles. The summed E-state index contributed by atoms with van der Waals surface area (Å²) in [7, 11) is -3.20. The van der Waals surface area contributed by atoms with Gasteiger partial charge in [-0.2, -0.15) is 0 Å². The largest absolute Gasteiger partial charge is 0.504 e. The molecule has 8 heteroatoms. The summed E-state index contributed by atoms with van der Waals surface area (Å²) in [5.41, 5.74) is 1.31. The first kappa shape index (κ1) is 16.9. The van der Waals surface area contributed by atoms with Gasteiger partial charge in [0.1, 0.15) is 0 Å². The Labute approximate surface area is 134 Å². The van der Waals surface area contributed by atoms with E-state index in [2.05, 4.69) is 15.0 Å². The van der Waals surface area contributed by atoms with Gasteiger partial charge in [0.05, 0.1) is 6.26 Å². The molecular weight excluding hydrogens is 318 g/mol. The molecule has 3 N–H and O–H groups in total. The van der Waals surface area contributed by atoms with Crippen LogP contribution in [-0.4, -0.2) is 37.2 Å². The maximum Gasteiger partial charge on any atom is 0.256 e. The smallest absolute Gasteiger partial charge is 0.256 e. The van der Waals surface area contributed by atoms with E-state index in [1.54, 1.807) is 30.3 Å². The molecule has 0 fully saturated rings. The van der Waals surface area contributed by atoms with Crippen LogP contribution >= 0.6 is 0 Å². The highest BCUT2D eigenvalue weighted by atomic mass is 32.2. The van der Waals surface area contributed by atoms with Crippen LogP contribution in [0.2, 0.25) is 0 Å². The first-order valence-electron chi connectivity index (χ1n) is 6.84. The average molecular weight is 335 g/mol. The number of anilines is 1. The van der Waals surface area contributed by atoms with Crippen LogP contribution in [0.15, 0.2) is 42.6 Å². The number of aromatic nitrogens is 1. The number of sulfonamides is 1. The number of aromatic hydroxyl groups is 1. The molecule has 2 rings (SSSR count). The zero-order valence-corrected chi connectivity index (χ0v) is 13.3. The number of benzene rings is 1. The Hall–Kier alpha value is -2.45. The van der Waals surface area contributed by atoms with Crippen molar-refractivity contribution in [1.82, 2.24) is 9.71 Å². The number of amides is 1. The van der Waals surface area contributed by atoms with E-state index in [0.717, 1.165) is 11.8 Å². The zero-order chi connectivity index (χ0) is 16.9. The summed E-state index contributed by atoms with van der Waals surface area (Å²) < 4.78 is 24.4. The van der Waals surface area contributed by atoms with Gasteiger partial charge >= 0.3 is 0 Å². The molecule has 0 spiro atoms. The molecule has 2 aromatic rings. The van der Waals surface area contributed by atoms with Crippen molar-refractivity contribution in [3.8, 4) is 5.75 Å². The summed E-state index contributed by atoms with van der Waals surface area (Å²) >= 11 is 0. The second-order valence-electron chi connectivity index (χ2n) is 4.94. The summed E-state index contributed by atoms with van der Waals surface area (Å²) in [6, 6.07) is 9.75. The fourth-order valence-electron chi connectivity index (χ4n) is 1.88. The molecule has 1 heterocycles. The second kappa shape index (κ2) is 7.21. The number of nitrogens with zero attached hydrogens (tertiary/aromatic N) is 1. The van der Waals surface area contributed by atoms with Crippen LogP contribution in [0, 0.1) is 0 Å². The Morgan fingerprint density at radius 2 is 1.91 bits per heavy atom. The minimum atomic E-state index is -3.20. The quantitative estimate of drug-likeness (QED) is 0.733. The normalized spacial score (nSPS) is 11.2. The first-order chi connectivity index (χ1) is 10.8. The molecule has 0 saturated heterocycles. The van der Waals surface area contributed by atoms with Gasteiger partial charge in [0.15, 0.2) is 11.6 Å². The van der Waals surface area contributed by atoms with Crippen LogP contribution in [0.4, 0.5) is 5.82 Å². The van der Waals surface area contributed by atoms with E-state index in [9.17, 15) is 18.3 Å². The van der Waals surface area contributed by atoms with Crippen LogP contribution in [0.5, 0.6) is 5.75 Å². The predicted molar refractivity (Wildman–Crippen MR) is 86.8 cm³/mol. The van der Waals surface area contributed by atoms with Crippen molar-refractivity contribution in [2.75, 3.05) is 18.1 Å². The highest BCUT2D eigenvalue weighted by Gasteiger charge is 2.09. The molecular formula is C15H17N3O4S. The van der Waals surface area contributed by atoms with Gasteiger partial charge in [-0.3, -0.25) is 4.79 Å². The van der Waals surface area contributed by atoms with Gasteiger partial charge < -0.3 is 10.4 Å². The molecule has 1 amide bonds. The average Bonchev–Trinajstić information content (AvgIpc) is 2.49. The van der Waals surface area contributed by atoms with E-state index < -0.39 is 10.0 Å². The number of pyridine rings is 1. The standard InChI is InChI=1S/C15H17N3O4S/c1-23(21,22)17-10-8-11-4-6-12(7-5-11)15(20)18-14-13(19)3-2-9-16-14/h2-7,9,17,19H,8,10H2,1H3,(H,16,18,20). The molecule has 0 aliphatic rings. The lowest BCUT2D eigenvalue weighted by Gasteiger charge is -2.07. The number of hydrogen-bond donors (Lipinski definition) is 3. The van der Waals surface area contributed by atoms with Crippen molar-refractivity contribution in [2.45, 2.75) is 6.42 Å². The first-order valence-corrected chi connectivity index (χ1v) is 8.73. The second-order valence-corrected chi connectivity index (χ2v) is 6.77. The lowest BCUT2D eigenvalue weighted by Crippen LogP contribution is -2.24. The van der Waals surface area contributed by atoms with Crippen LogP contribution in [0.3, 0.4) is 0 Å². The number of nitrogens with one attached hydrogen (secondary N) is 2. The SMILES string of the molecule is CS(=O)(=O)NCCc1ccc(C(=O)Nc2ncccc2O)cc1. The third-order valence-corrected chi connectivity index (χ3v) is 3.74. The van der Waals surface area contributed by atoms with E-state index in [0.29, 0.717) is 18.5 Å². The lowest BCUT2D eigenvalue weighted by atomic mass is 10.1. The third kappa shape index (κ3) is 5.35. The number of carbonyl (C=O) groups excluding carboxylic acids is 1. The van der Waals surface area contributed by atoms with Crippen LogP contribution < -0.4 is 10.0 Å². The fourth-order valence-corrected chi connectivity index (χ4v) is 2.35. The molecule has 0 unspecified atom stereocenters. The van der Waals surface area contributed by atoms with E-state index >= 15 is 0 Å². The van der Waals surface area contributed by atoms with E-state index in [4.69, 9.17) is 0 Å². The molecule has 122 valence electrons.